The van der Waals surface area contributed by atoms with Gasteiger partial charge in [-0.15, -0.1) is 0 Å². The van der Waals surface area contributed by atoms with Gasteiger partial charge in [0.1, 0.15) is 69.3 Å². The van der Waals surface area contributed by atoms with E-state index in [1.54, 1.807) is 0 Å². The number of hydrogen-bond donors (Lipinski definition) is 2. The molecule has 266 valence electrons. The highest BCUT2D eigenvalue weighted by Crippen LogP contribution is 2.36. The molecular weight excluding hydrogens is 657 g/mol. The Kier molecular flexibility index (Phi) is 11.0. The van der Waals surface area contributed by atoms with Gasteiger partial charge in [-0.2, -0.15) is 21.0 Å². The molecule has 0 saturated heterocycles. The molecule has 5 heterocycles. The number of nitrogens with one attached hydrogen (secondary N) is 2. The van der Waals surface area contributed by atoms with Crippen LogP contribution in [0.2, 0.25) is 0 Å². The van der Waals surface area contributed by atoms with E-state index in [1.165, 1.54) is 0 Å². The van der Waals surface area contributed by atoms with E-state index in [0.717, 1.165) is 0 Å². The van der Waals surface area contributed by atoms with Gasteiger partial charge in [0.25, 0.3) is 0 Å². The number of nitrogens with zero attached hydrogens (tertiary/aromatic N) is 14. The van der Waals surface area contributed by atoms with Gasteiger partial charge in [0, 0.05) is 52.4 Å². The highest BCUT2D eigenvalue weighted by molar-refractivity contribution is 5.99. The van der Waals surface area contributed by atoms with Crippen molar-refractivity contribution in [3.8, 4) is 24.3 Å². The molecule has 2 aliphatic heterocycles. The summed E-state index contributed by atoms with van der Waals surface area (Å²) >= 11 is 0. The van der Waals surface area contributed by atoms with Gasteiger partial charge in [0.15, 0.2) is 45.9 Å². The average molecular weight is 699 g/mol. The summed E-state index contributed by atoms with van der Waals surface area (Å²) in [6.45, 7) is 20.2. The van der Waals surface area contributed by atoms with Crippen molar-refractivity contribution in [1.82, 2.24) is 49.7 Å². The maximum absolute atomic E-state index is 10.6. The van der Waals surface area contributed by atoms with Crippen molar-refractivity contribution in [2.75, 3.05) is 62.2 Å². The SMILES string of the molecule is CCN(CC)C1=C(C#N)c2nc1nc1nc(nc3[nH]c(nc4[nH]c(n2)c(N(CC)CC)c4C#N)c(N(CC)CC)c3C#N)C(N(CC)CC)=C1C#N. The first-order valence-corrected chi connectivity index (χ1v) is 17.7. The second-order valence-electron chi connectivity index (χ2n) is 11.6. The molecule has 0 fully saturated rings. The third kappa shape index (κ3) is 6.09. The zero-order valence-electron chi connectivity index (χ0n) is 30.9. The van der Waals surface area contributed by atoms with Crippen LogP contribution in [0.3, 0.4) is 0 Å². The number of aromatic nitrogens is 8. The van der Waals surface area contributed by atoms with Gasteiger partial charge in [-0.05, 0) is 55.4 Å². The lowest BCUT2D eigenvalue weighted by atomic mass is 10.2. The number of hydrogen-bond acceptors (Lipinski definition) is 14. The Morgan fingerprint density at radius 2 is 0.731 bits per heavy atom. The van der Waals surface area contributed by atoms with Gasteiger partial charge in [-0.1, -0.05) is 0 Å². The zero-order chi connectivity index (χ0) is 37.7. The number of fused-ring (bicyclic) bond motifs is 8. The Balaban J connectivity index is 2.14. The summed E-state index contributed by atoms with van der Waals surface area (Å²) < 4.78 is 0. The van der Waals surface area contributed by atoms with Crippen LogP contribution in [0.25, 0.3) is 45.1 Å². The number of allylic oxidation sites excluding steroid dienone is 2. The first kappa shape index (κ1) is 36.8. The van der Waals surface area contributed by atoms with Crippen LogP contribution in [0.4, 0.5) is 11.4 Å². The Morgan fingerprint density at radius 3 is 1.10 bits per heavy atom. The molecule has 0 spiro atoms. The predicted molar refractivity (Wildman–Crippen MR) is 199 cm³/mol. The van der Waals surface area contributed by atoms with E-state index in [4.69, 9.17) is 29.9 Å². The summed E-state index contributed by atoms with van der Waals surface area (Å²) in [5.41, 5.74) is 3.79. The Hall–Kier alpha value is -6.52. The second kappa shape index (κ2) is 15.6. The summed E-state index contributed by atoms with van der Waals surface area (Å²) in [4.78, 5) is 43.6. The van der Waals surface area contributed by atoms with E-state index in [0.29, 0.717) is 80.8 Å². The van der Waals surface area contributed by atoms with Crippen molar-refractivity contribution in [2.24, 2.45) is 0 Å². The van der Waals surface area contributed by atoms with Crippen molar-refractivity contribution >= 4 is 56.5 Å². The normalized spacial score (nSPS) is 12.2. The van der Waals surface area contributed by atoms with Gasteiger partial charge in [0.2, 0.25) is 0 Å². The van der Waals surface area contributed by atoms with Crippen molar-refractivity contribution in [2.45, 2.75) is 55.4 Å². The van der Waals surface area contributed by atoms with Crippen LogP contribution in [0, 0.1) is 45.3 Å². The van der Waals surface area contributed by atoms with Gasteiger partial charge >= 0.3 is 0 Å². The van der Waals surface area contributed by atoms with Crippen LogP contribution in [-0.2, 0) is 0 Å². The van der Waals surface area contributed by atoms with Gasteiger partial charge < -0.3 is 29.6 Å². The van der Waals surface area contributed by atoms with Crippen molar-refractivity contribution in [3.63, 3.8) is 0 Å². The standard InChI is InChI=1S/C36H42N16/c1-9-49(10-2)25-21(17-37)29-41-33(25)45-30-22(18-38)26(50(11-3)12-4)35(42-30)47-32-24(20-40)28(52(15-7)16-8)36(44-32)48-31-23(19-39)27(34(43-31)46-29)51(13-5)14-6/h9-16H2,1-8H3,(H2,41,42,43,44,45,46,47,48). The van der Waals surface area contributed by atoms with Crippen molar-refractivity contribution in [3.05, 3.63) is 34.4 Å². The molecular formula is C36H42N16. The lowest BCUT2D eigenvalue weighted by molar-refractivity contribution is 0.441. The summed E-state index contributed by atoms with van der Waals surface area (Å²) in [6, 6.07) is 9.24. The van der Waals surface area contributed by atoms with Gasteiger partial charge in [-0.3, -0.25) is 0 Å². The van der Waals surface area contributed by atoms with E-state index in [-0.39, 0.29) is 62.5 Å². The lowest BCUT2D eigenvalue weighted by Gasteiger charge is -2.22. The average Bonchev–Trinajstić information content (AvgIpc) is 3.88. The van der Waals surface area contributed by atoms with Crippen LogP contribution in [0.5, 0.6) is 0 Å². The molecule has 2 aliphatic rings. The molecule has 0 unspecified atom stereocenters. The van der Waals surface area contributed by atoms with E-state index in [1.807, 2.05) is 75.0 Å². The van der Waals surface area contributed by atoms with Crippen LogP contribution in [0.15, 0.2) is 0 Å². The van der Waals surface area contributed by atoms with Crippen molar-refractivity contribution < 1.29 is 0 Å². The third-order valence-electron chi connectivity index (χ3n) is 9.27. The largest absolute Gasteiger partial charge is 0.368 e. The first-order valence-electron chi connectivity index (χ1n) is 17.7. The Labute approximate surface area is 303 Å². The fourth-order valence-corrected chi connectivity index (χ4v) is 6.65. The molecule has 16 heteroatoms. The summed E-state index contributed by atoms with van der Waals surface area (Å²) in [5.74, 6) is 0.529. The van der Waals surface area contributed by atoms with Crippen LogP contribution in [0.1, 0.15) is 89.8 Å². The molecule has 3 aromatic heterocycles. The van der Waals surface area contributed by atoms with Crippen LogP contribution < -0.4 is 9.80 Å². The summed E-state index contributed by atoms with van der Waals surface area (Å²) in [5, 5.41) is 42.4. The van der Waals surface area contributed by atoms with E-state index in [2.05, 4.69) is 34.2 Å². The summed E-state index contributed by atoms with van der Waals surface area (Å²) in [7, 11) is 0. The minimum absolute atomic E-state index is 0.0777. The second-order valence-corrected chi connectivity index (χ2v) is 11.6. The van der Waals surface area contributed by atoms with E-state index < -0.39 is 0 Å². The number of anilines is 2. The molecule has 0 aliphatic carbocycles. The zero-order valence-corrected chi connectivity index (χ0v) is 30.9. The maximum Gasteiger partial charge on any atom is 0.181 e. The molecule has 3 aromatic rings. The van der Waals surface area contributed by atoms with Gasteiger partial charge in [0.05, 0.1) is 0 Å². The van der Waals surface area contributed by atoms with E-state index >= 15 is 0 Å². The quantitative estimate of drug-likeness (QED) is 0.260. The highest BCUT2D eigenvalue weighted by atomic mass is 15.2. The molecule has 0 aromatic carbocycles. The highest BCUT2D eigenvalue weighted by Gasteiger charge is 2.32. The molecule has 8 bridgehead atoms. The molecule has 0 saturated carbocycles. The first-order chi connectivity index (χ1) is 25.2. The topological polar surface area (TPSA) is 217 Å². The molecule has 16 nitrogen and oxygen atoms in total. The number of H-pyrrole nitrogens is 2. The van der Waals surface area contributed by atoms with E-state index in [9.17, 15) is 21.0 Å². The fourth-order valence-electron chi connectivity index (χ4n) is 6.65. The predicted octanol–water partition coefficient (Wildman–Crippen LogP) is 4.80. The molecule has 0 radical (unpaired) electrons. The molecule has 2 N–H and O–H groups in total. The maximum atomic E-state index is 10.6. The number of nitriles is 4. The Morgan fingerprint density at radius 1 is 0.404 bits per heavy atom. The number of rotatable bonds is 12. The minimum Gasteiger partial charge on any atom is -0.368 e. The lowest BCUT2D eigenvalue weighted by Crippen LogP contribution is -2.22. The molecule has 0 atom stereocenters. The fraction of sp³-hybridized carbons (Fsp3) is 0.444. The smallest absolute Gasteiger partial charge is 0.181 e. The number of aromatic amines is 2. The monoisotopic (exact) mass is 698 g/mol. The third-order valence-corrected chi connectivity index (χ3v) is 9.27. The molecule has 5 rings (SSSR count). The minimum atomic E-state index is 0.0777. The molecule has 0 amide bonds. The van der Waals surface area contributed by atoms with Crippen LogP contribution >= 0.6 is 0 Å². The van der Waals surface area contributed by atoms with Crippen LogP contribution in [-0.4, -0.2) is 102 Å². The van der Waals surface area contributed by atoms with Crippen molar-refractivity contribution in [1.29, 1.82) is 21.0 Å². The molecule has 52 heavy (non-hydrogen) atoms. The summed E-state index contributed by atoms with van der Waals surface area (Å²) in [6.07, 6.45) is 0. The Bertz CT molecular complexity index is 2270. The van der Waals surface area contributed by atoms with Gasteiger partial charge in [-0.25, -0.2) is 29.9 Å².